The number of imidazole rings is 1. The average Bonchev–Trinajstić information content (AvgIpc) is 3.10. The minimum absolute atomic E-state index is 1.21. The molecular weight excluding hydrogens is 352 g/mol. The largest absolute Gasteiger partial charge is 0.256 e. The van der Waals surface area contributed by atoms with E-state index in [1.807, 2.05) is 0 Å². The van der Waals surface area contributed by atoms with Gasteiger partial charge in [-0.25, -0.2) is 9.13 Å². The number of hydrogen-bond donors (Lipinski definition) is 0. The molecule has 0 saturated carbocycles. The second-order valence-corrected chi connectivity index (χ2v) is 9.15. The van der Waals surface area contributed by atoms with Crippen LogP contribution in [0.4, 0.5) is 0 Å². The van der Waals surface area contributed by atoms with E-state index >= 15 is 0 Å². The standard InChI is InChI=1S/C27H53N2/c1-4-7-9-11-13-14-15-16-17-19-21-24-29-26-25-28(27(29)22-6-3)23-20-18-12-10-8-5-2/h25-26H,4-24H2,1-3H3/q+1. The van der Waals surface area contributed by atoms with E-state index in [4.69, 9.17) is 0 Å². The summed E-state index contributed by atoms with van der Waals surface area (Å²) in [6.07, 6.45) is 31.2. The van der Waals surface area contributed by atoms with E-state index in [0.29, 0.717) is 0 Å². The zero-order valence-corrected chi connectivity index (χ0v) is 20.4. The van der Waals surface area contributed by atoms with Gasteiger partial charge in [-0.2, -0.15) is 0 Å². The molecule has 0 amide bonds. The number of aryl methyl sites for hydroxylation is 2. The maximum atomic E-state index is 2.55. The minimum Gasteiger partial charge on any atom is -0.234 e. The molecule has 1 rings (SSSR count). The first kappa shape index (κ1) is 26.2. The molecule has 0 atom stereocenters. The average molecular weight is 406 g/mol. The van der Waals surface area contributed by atoms with Crippen molar-refractivity contribution in [3.63, 3.8) is 0 Å². The molecule has 0 radical (unpaired) electrons. The van der Waals surface area contributed by atoms with Crippen molar-refractivity contribution in [3.05, 3.63) is 18.2 Å². The highest BCUT2D eigenvalue weighted by Gasteiger charge is 2.15. The summed E-state index contributed by atoms with van der Waals surface area (Å²) in [6, 6.07) is 0. The highest BCUT2D eigenvalue weighted by Crippen LogP contribution is 2.12. The van der Waals surface area contributed by atoms with Crippen LogP contribution >= 0.6 is 0 Å². The van der Waals surface area contributed by atoms with Gasteiger partial charge in [0.15, 0.2) is 0 Å². The van der Waals surface area contributed by atoms with Gasteiger partial charge in [-0.3, -0.25) is 0 Å². The molecular formula is C27H53N2+. The SMILES string of the molecule is CCCCCCCCCCCCC[n+]1ccn(CCCCCCCC)c1CCC. The molecule has 2 nitrogen and oxygen atoms in total. The highest BCUT2D eigenvalue weighted by molar-refractivity contribution is 4.84. The molecule has 0 aliphatic rings. The smallest absolute Gasteiger partial charge is 0.234 e. The Hall–Kier alpha value is -0.790. The van der Waals surface area contributed by atoms with E-state index in [1.165, 1.54) is 135 Å². The number of unbranched alkanes of at least 4 members (excludes halogenated alkanes) is 15. The molecule has 1 aromatic heterocycles. The molecule has 0 aliphatic heterocycles. The van der Waals surface area contributed by atoms with Crippen LogP contribution < -0.4 is 4.57 Å². The van der Waals surface area contributed by atoms with Crippen LogP contribution in [0.25, 0.3) is 0 Å². The van der Waals surface area contributed by atoms with Crippen molar-refractivity contribution in [2.75, 3.05) is 0 Å². The lowest BCUT2D eigenvalue weighted by atomic mass is 10.1. The van der Waals surface area contributed by atoms with Crippen LogP contribution in [0.15, 0.2) is 12.4 Å². The van der Waals surface area contributed by atoms with Gasteiger partial charge >= 0.3 is 0 Å². The summed E-state index contributed by atoms with van der Waals surface area (Å²) in [4.78, 5) is 0. The van der Waals surface area contributed by atoms with Crippen molar-refractivity contribution in [1.29, 1.82) is 0 Å². The zero-order chi connectivity index (χ0) is 21.0. The second-order valence-electron chi connectivity index (χ2n) is 9.15. The maximum Gasteiger partial charge on any atom is 0.256 e. The summed E-state index contributed by atoms with van der Waals surface area (Å²) in [7, 11) is 0. The van der Waals surface area contributed by atoms with E-state index in [2.05, 4.69) is 42.3 Å². The first-order chi connectivity index (χ1) is 14.3. The van der Waals surface area contributed by atoms with Crippen LogP contribution in [0.2, 0.25) is 0 Å². The van der Waals surface area contributed by atoms with Crippen molar-refractivity contribution >= 4 is 0 Å². The Kier molecular flexibility index (Phi) is 17.4. The van der Waals surface area contributed by atoms with Crippen LogP contribution in [-0.4, -0.2) is 4.57 Å². The quantitative estimate of drug-likeness (QED) is 0.143. The van der Waals surface area contributed by atoms with Crippen molar-refractivity contribution in [3.8, 4) is 0 Å². The van der Waals surface area contributed by atoms with Gasteiger partial charge in [-0.15, -0.1) is 0 Å². The fraction of sp³-hybridized carbons (Fsp3) is 0.889. The summed E-state index contributed by atoms with van der Waals surface area (Å²) < 4.78 is 5.09. The summed E-state index contributed by atoms with van der Waals surface area (Å²) in [5.74, 6) is 1.56. The molecule has 0 aromatic carbocycles. The molecule has 0 fully saturated rings. The molecule has 1 aromatic rings. The zero-order valence-electron chi connectivity index (χ0n) is 20.4. The Morgan fingerprint density at radius 2 is 1.07 bits per heavy atom. The minimum atomic E-state index is 1.21. The lowest BCUT2D eigenvalue weighted by Gasteiger charge is -2.06. The summed E-state index contributed by atoms with van der Waals surface area (Å²) in [5.41, 5.74) is 0. The van der Waals surface area contributed by atoms with Crippen molar-refractivity contribution in [2.24, 2.45) is 0 Å². The van der Waals surface area contributed by atoms with Crippen LogP contribution in [-0.2, 0) is 19.5 Å². The van der Waals surface area contributed by atoms with Gasteiger partial charge < -0.3 is 0 Å². The molecule has 0 unspecified atom stereocenters. The van der Waals surface area contributed by atoms with Crippen molar-refractivity contribution in [2.45, 2.75) is 156 Å². The first-order valence-electron chi connectivity index (χ1n) is 13.4. The molecule has 0 spiro atoms. The highest BCUT2D eigenvalue weighted by atomic mass is 15.1. The molecule has 170 valence electrons. The molecule has 29 heavy (non-hydrogen) atoms. The summed E-state index contributed by atoms with van der Waals surface area (Å²) >= 11 is 0. The molecule has 0 saturated heterocycles. The van der Waals surface area contributed by atoms with Gasteiger partial charge in [0.05, 0.1) is 13.1 Å². The third-order valence-corrected chi connectivity index (χ3v) is 6.32. The normalized spacial score (nSPS) is 11.4. The predicted molar refractivity (Wildman–Crippen MR) is 128 cm³/mol. The van der Waals surface area contributed by atoms with Gasteiger partial charge in [0.25, 0.3) is 5.82 Å². The third kappa shape index (κ3) is 13.2. The predicted octanol–water partition coefficient (Wildman–Crippen LogP) is 8.40. The Balaban J connectivity index is 2.15. The van der Waals surface area contributed by atoms with Gasteiger partial charge in [0, 0.05) is 6.42 Å². The molecule has 1 heterocycles. The number of aromatic nitrogens is 2. The van der Waals surface area contributed by atoms with Crippen LogP contribution in [0.3, 0.4) is 0 Å². The molecule has 2 heteroatoms. The summed E-state index contributed by atoms with van der Waals surface area (Å²) in [5, 5.41) is 0. The number of rotatable bonds is 21. The Morgan fingerprint density at radius 3 is 1.59 bits per heavy atom. The number of nitrogens with zero attached hydrogens (tertiary/aromatic N) is 2. The maximum absolute atomic E-state index is 2.55. The van der Waals surface area contributed by atoms with Gasteiger partial charge in [-0.1, -0.05) is 104 Å². The third-order valence-electron chi connectivity index (χ3n) is 6.32. The lowest BCUT2D eigenvalue weighted by Crippen LogP contribution is -2.37. The van der Waals surface area contributed by atoms with E-state index in [1.54, 1.807) is 5.82 Å². The Bertz CT molecular complexity index is 463. The number of hydrogen-bond acceptors (Lipinski definition) is 0. The van der Waals surface area contributed by atoms with E-state index in [9.17, 15) is 0 Å². The lowest BCUT2D eigenvalue weighted by molar-refractivity contribution is -0.704. The van der Waals surface area contributed by atoms with E-state index in [0.717, 1.165) is 0 Å². The second kappa shape index (κ2) is 19.2. The van der Waals surface area contributed by atoms with Crippen LogP contribution in [0.1, 0.15) is 142 Å². The molecule has 0 N–H and O–H groups in total. The van der Waals surface area contributed by atoms with Crippen molar-refractivity contribution in [1.82, 2.24) is 4.57 Å². The van der Waals surface area contributed by atoms with Crippen LogP contribution in [0, 0.1) is 0 Å². The summed E-state index contributed by atoms with van der Waals surface area (Å²) in [6.45, 7) is 9.34. The monoisotopic (exact) mass is 405 g/mol. The van der Waals surface area contributed by atoms with E-state index in [-0.39, 0.29) is 0 Å². The van der Waals surface area contributed by atoms with Gasteiger partial charge in [0.2, 0.25) is 0 Å². The fourth-order valence-corrected chi connectivity index (χ4v) is 4.42. The van der Waals surface area contributed by atoms with Crippen LogP contribution in [0.5, 0.6) is 0 Å². The molecule has 0 aliphatic carbocycles. The Labute approximate surface area is 183 Å². The topological polar surface area (TPSA) is 8.81 Å². The van der Waals surface area contributed by atoms with Gasteiger partial charge in [-0.05, 0) is 32.1 Å². The van der Waals surface area contributed by atoms with Gasteiger partial charge in [0.1, 0.15) is 12.4 Å². The first-order valence-corrected chi connectivity index (χ1v) is 13.4. The van der Waals surface area contributed by atoms with E-state index < -0.39 is 0 Å². The Morgan fingerprint density at radius 1 is 0.586 bits per heavy atom. The fourth-order valence-electron chi connectivity index (χ4n) is 4.42. The molecule has 0 bridgehead atoms. The van der Waals surface area contributed by atoms with Crippen molar-refractivity contribution < 1.29 is 4.57 Å².